The Balaban J connectivity index is 2.34. The number of anilines is 1. The number of nitro benzene ring substituents is 1. The van der Waals surface area contributed by atoms with E-state index in [4.69, 9.17) is 5.73 Å². The van der Waals surface area contributed by atoms with Crippen LogP contribution in [0.5, 0.6) is 0 Å². The summed E-state index contributed by atoms with van der Waals surface area (Å²) >= 11 is 1.71. The van der Waals surface area contributed by atoms with E-state index in [2.05, 4.69) is 0 Å². The highest BCUT2D eigenvalue weighted by Gasteiger charge is 2.31. The van der Waals surface area contributed by atoms with Crippen molar-refractivity contribution in [3.05, 3.63) is 28.3 Å². The van der Waals surface area contributed by atoms with Crippen LogP contribution in [0.25, 0.3) is 0 Å². The third-order valence-corrected chi connectivity index (χ3v) is 6.34. The molecule has 2 rings (SSSR count). The Morgan fingerprint density at radius 1 is 1.50 bits per heavy atom. The third kappa shape index (κ3) is 2.74. The number of hydrogen-bond donors (Lipinski definition) is 1. The highest BCUT2D eigenvalue weighted by Crippen LogP contribution is 2.29. The van der Waals surface area contributed by atoms with Crippen LogP contribution in [0.2, 0.25) is 0 Å². The Bertz CT molecular complexity index is 627. The van der Waals surface area contributed by atoms with Crippen molar-refractivity contribution in [2.24, 2.45) is 0 Å². The summed E-state index contributed by atoms with van der Waals surface area (Å²) in [5, 5.41) is 10.7. The van der Waals surface area contributed by atoms with Gasteiger partial charge in [0.1, 0.15) is 5.69 Å². The van der Waals surface area contributed by atoms with E-state index in [0.29, 0.717) is 0 Å². The zero-order valence-electron chi connectivity index (χ0n) is 10.9. The van der Waals surface area contributed by atoms with E-state index in [1.165, 1.54) is 17.4 Å². The van der Waals surface area contributed by atoms with Gasteiger partial charge in [0.05, 0.1) is 9.82 Å². The smallest absolute Gasteiger partial charge is 0.292 e. The van der Waals surface area contributed by atoms with Gasteiger partial charge in [0, 0.05) is 24.9 Å². The van der Waals surface area contributed by atoms with E-state index in [9.17, 15) is 18.5 Å². The highest BCUT2D eigenvalue weighted by molar-refractivity contribution is 7.99. The van der Waals surface area contributed by atoms with Crippen molar-refractivity contribution in [2.45, 2.75) is 17.4 Å². The molecule has 1 fully saturated rings. The summed E-state index contributed by atoms with van der Waals surface area (Å²) in [6.07, 6.45) is 0.808. The molecule has 0 amide bonds. The molecule has 0 bridgehead atoms. The predicted octanol–water partition coefficient (Wildman–Crippen LogP) is 1.30. The lowest BCUT2D eigenvalue weighted by Gasteiger charge is -2.23. The first-order valence-corrected chi connectivity index (χ1v) is 8.53. The van der Waals surface area contributed by atoms with E-state index < -0.39 is 14.9 Å². The quantitative estimate of drug-likeness (QED) is 0.509. The highest BCUT2D eigenvalue weighted by atomic mass is 32.2. The fourth-order valence-corrected chi connectivity index (χ4v) is 4.81. The van der Waals surface area contributed by atoms with Gasteiger partial charge < -0.3 is 5.73 Å². The largest absolute Gasteiger partial charge is 0.393 e. The first-order chi connectivity index (χ1) is 9.34. The second-order valence-electron chi connectivity index (χ2n) is 4.52. The van der Waals surface area contributed by atoms with Gasteiger partial charge in [0.15, 0.2) is 0 Å². The molecule has 110 valence electrons. The Labute approximate surface area is 121 Å². The summed E-state index contributed by atoms with van der Waals surface area (Å²) in [4.78, 5) is 10.0. The molecule has 1 unspecified atom stereocenters. The molecule has 1 saturated heterocycles. The fourth-order valence-electron chi connectivity index (χ4n) is 2.03. The summed E-state index contributed by atoms with van der Waals surface area (Å²) in [6, 6.07) is 3.45. The number of nitrogens with zero attached hydrogens (tertiary/aromatic N) is 2. The van der Waals surface area contributed by atoms with E-state index in [0.717, 1.165) is 30.1 Å². The molecule has 9 heteroatoms. The molecule has 1 aromatic rings. The van der Waals surface area contributed by atoms with Crippen LogP contribution in [-0.4, -0.2) is 42.2 Å². The molecule has 1 aliphatic heterocycles. The van der Waals surface area contributed by atoms with Crippen molar-refractivity contribution in [1.29, 1.82) is 0 Å². The van der Waals surface area contributed by atoms with Crippen LogP contribution in [0.3, 0.4) is 0 Å². The van der Waals surface area contributed by atoms with Gasteiger partial charge in [-0.3, -0.25) is 10.1 Å². The average molecular weight is 317 g/mol. The number of hydrogen-bond acceptors (Lipinski definition) is 6. The maximum Gasteiger partial charge on any atom is 0.292 e. The zero-order valence-corrected chi connectivity index (χ0v) is 12.5. The van der Waals surface area contributed by atoms with Crippen molar-refractivity contribution in [3.63, 3.8) is 0 Å². The zero-order chi connectivity index (χ0) is 14.9. The molecular weight excluding hydrogens is 302 g/mol. The standard InChI is InChI=1S/C11H15N3O4S2/c1-13(8-4-5-19-7-8)20(17,18)9-2-3-11(14(15)16)10(12)6-9/h2-3,6,8H,4-5,7,12H2,1H3. The van der Waals surface area contributed by atoms with Crippen molar-refractivity contribution in [3.8, 4) is 0 Å². The lowest BCUT2D eigenvalue weighted by atomic mass is 10.3. The molecule has 20 heavy (non-hydrogen) atoms. The van der Waals surface area contributed by atoms with Gasteiger partial charge in [-0.05, 0) is 24.3 Å². The van der Waals surface area contributed by atoms with E-state index in [1.54, 1.807) is 11.8 Å². The average Bonchev–Trinajstić information content (AvgIpc) is 2.90. The minimum absolute atomic E-state index is 0.0139. The van der Waals surface area contributed by atoms with Crippen LogP contribution in [0, 0.1) is 10.1 Å². The fraction of sp³-hybridized carbons (Fsp3) is 0.455. The van der Waals surface area contributed by atoms with Gasteiger partial charge in [0.25, 0.3) is 5.69 Å². The summed E-state index contributed by atoms with van der Waals surface area (Å²) in [6.45, 7) is 0. The summed E-state index contributed by atoms with van der Waals surface area (Å²) < 4.78 is 26.2. The number of rotatable bonds is 4. The van der Waals surface area contributed by atoms with Crippen molar-refractivity contribution < 1.29 is 13.3 Å². The number of thioether (sulfide) groups is 1. The SMILES string of the molecule is CN(C1CCSC1)S(=O)(=O)c1ccc([N+](=O)[O-])c(N)c1. The molecule has 0 aliphatic carbocycles. The van der Waals surface area contributed by atoms with Crippen LogP contribution < -0.4 is 5.73 Å². The lowest BCUT2D eigenvalue weighted by molar-refractivity contribution is -0.383. The van der Waals surface area contributed by atoms with Crippen LogP contribution in [0.15, 0.2) is 23.1 Å². The minimum Gasteiger partial charge on any atom is -0.393 e. The van der Waals surface area contributed by atoms with Gasteiger partial charge in [-0.15, -0.1) is 0 Å². The van der Waals surface area contributed by atoms with Crippen LogP contribution in [0.4, 0.5) is 11.4 Å². The maximum atomic E-state index is 12.4. The Morgan fingerprint density at radius 3 is 2.70 bits per heavy atom. The number of sulfonamides is 1. The number of nitrogen functional groups attached to an aromatic ring is 1. The molecular formula is C11H15N3O4S2. The van der Waals surface area contributed by atoms with Crippen molar-refractivity contribution >= 4 is 33.2 Å². The predicted molar refractivity (Wildman–Crippen MR) is 78.2 cm³/mol. The van der Waals surface area contributed by atoms with Crippen LogP contribution in [0.1, 0.15) is 6.42 Å². The third-order valence-electron chi connectivity index (χ3n) is 3.29. The van der Waals surface area contributed by atoms with E-state index >= 15 is 0 Å². The topological polar surface area (TPSA) is 107 Å². The number of benzene rings is 1. The monoisotopic (exact) mass is 317 g/mol. The van der Waals surface area contributed by atoms with Crippen molar-refractivity contribution in [1.82, 2.24) is 4.31 Å². The molecule has 0 saturated carbocycles. The second-order valence-corrected chi connectivity index (χ2v) is 7.66. The molecule has 0 aromatic heterocycles. The first-order valence-electron chi connectivity index (χ1n) is 5.93. The molecule has 2 N–H and O–H groups in total. The van der Waals surface area contributed by atoms with Gasteiger partial charge in [-0.1, -0.05) is 0 Å². The van der Waals surface area contributed by atoms with Gasteiger partial charge in [0.2, 0.25) is 10.0 Å². The number of nitrogens with two attached hydrogens (primary N) is 1. The second kappa shape index (κ2) is 5.58. The number of nitro groups is 1. The minimum atomic E-state index is -3.67. The molecule has 1 aromatic carbocycles. The van der Waals surface area contributed by atoms with Gasteiger partial charge >= 0.3 is 0 Å². The van der Waals surface area contributed by atoms with Crippen LogP contribution >= 0.6 is 11.8 Å². The lowest BCUT2D eigenvalue weighted by Crippen LogP contribution is -2.36. The molecule has 0 radical (unpaired) electrons. The maximum absolute atomic E-state index is 12.4. The summed E-state index contributed by atoms with van der Waals surface area (Å²) in [5.74, 6) is 1.70. The van der Waals surface area contributed by atoms with E-state index in [1.807, 2.05) is 0 Å². The molecule has 1 aliphatic rings. The van der Waals surface area contributed by atoms with Crippen LogP contribution in [-0.2, 0) is 10.0 Å². The molecule has 7 nitrogen and oxygen atoms in total. The summed E-state index contributed by atoms with van der Waals surface area (Å²) in [5.41, 5.74) is 5.11. The Hall–Kier alpha value is -1.32. The van der Waals surface area contributed by atoms with Gasteiger partial charge in [-0.25, -0.2) is 8.42 Å². The normalized spacial score (nSPS) is 19.4. The van der Waals surface area contributed by atoms with E-state index in [-0.39, 0.29) is 22.3 Å². The molecule has 1 heterocycles. The first kappa shape index (κ1) is 15.1. The summed E-state index contributed by atoms with van der Waals surface area (Å²) in [7, 11) is -2.14. The van der Waals surface area contributed by atoms with Gasteiger partial charge in [-0.2, -0.15) is 16.1 Å². The van der Waals surface area contributed by atoms with Crippen molar-refractivity contribution in [2.75, 3.05) is 24.3 Å². The molecule has 1 atom stereocenters. The molecule has 0 spiro atoms. The Kier molecular flexibility index (Phi) is 4.21. The Morgan fingerprint density at radius 2 is 2.20 bits per heavy atom.